The van der Waals surface area contributed by atoms with Crippen molar-refractivity contribution in [2.24, 2.45) is 0 Å². The largest absolute Gasteiger partial charge is 0.465 e. The Balaban J connectivity index is 1.85. The van der Waals surface area contributed by atoms with Gasteiger partial charge in [-0.3, -0.25) is 9.69 Å². The fraction of sp³-hybridized carbons (Fsp3) is 0.143. The number of esters is 1. The first-order valence-electron chi connectivity index (χ1n) is 8.61. The molecule has 148 valence electrons. The molecule has 0 unspecified atom stereocenters. The van der Waals surface area contributed by atoms with Crippen LogP contribution in [-0.4, -0.2) is 25.8 Å². The Bertz CT molecular complexity index is 1110. The zero-order valence-electron chi connectivity index (χ0n) is 15.5. The van der Waals surface area contributed by atoms with Crippen molar-refractivity contribution in [3.8, 4) is 11.5 Å². The highest BCUT2D eigenvalue weighted by molar-refractivity contribution is 9.10. The number of rotatable bonds is 3. The number of methoxy groups -OCH3 is 1. The minimum Gasteiger partial charge on any atom is -0.465 e. The number of halogens is 2. The van der Waals surface area contributed by atoms with Gasteiger partial charge < -0.3 is 14.2 Å². The summed E-state index contributed by atoms with van der Waals surface area (Å²) in [6.07, 6.45) is 1.65. The van der Waals surface area contributed by atoms with E-state index in [0.717, 1.165) is 4.47 Å². The van der Waals surface area contributed by atoms with Crippen LogP contribution in [0.25, 0.3) is 6.08 Å². The molecule has 0 bridgehead atoms. The first kappa shape index (κ1) is 19.7. The molecule has 2 aliphatic heterocycles. The van der Waals surface area contributed by atoms with E-state index in [-0.39, 0.29) is 23.8 Å². The van der Waals surface area contributed by atoms with E-state index in [9.17, 15) is 9.59 Å². The zero-order chi connectivity index (χ0) is 20.7. The predicted octanol–water partition coefficient (Wildman–Crippen LogP) is 4.82. The number of hydrogen-bond acceptors (Lipinski definition) is 5. The number of fused-ring (bicyclic) bond motifs is 1. The number of hydrogen-bond donors (Lipinski definition) is 0. The third-order valence-electron chi connectivity index (χ3n) is 4.65. The van der Waals surface area contributed by atoms with Crippen LogP contribution >= 0.6 is 31.9 Å². The second kappa shape index (κ2) is 7.68. The Morgan fingerprint density at radius 3 is 2.59 bits per heavy atom. The maximum Gasteiger partial charge on any atom is 0.340 e. The molecule has 1 amide bonds. The van der Waals surface area contributed by atoms with Crippen LogP contribution in [0.5, 0.6) is 11.5 Å². The van der Waals surface area contributed by atoms with Gasteiger partial charge in [0.15, 0.2) is 11.5 Å². The molecule has 0 aromatic heterocycles. The zero-order valence-corrected chi connectivity index (χ0v) is 18.7. The average molecular weight is 521 g/mol. The summed E-state index contributed by atoms with van der Waals surface area (Å²) in [6, 6.07) is 10.8. The Morgan fingerprint density at radius 1 is 1.17 bits per heavy atom. The molecule has 2 aromatic rings. The first-order valence-corrected chi connectivity index (χ1v) is 10.2. The standard InChI is InChI=1S/C21H15Br2NO5/c1-11-19(21(26)27-2)15(20(25)24(11)14-5-3-4-13(22)8-14)6-12-7-17-18(9-16(12)23)29-10-28-17/h3-9H,10H2,1-2H3/b15-6-. The van der Waals surface area contributed by atoms with E-state index in [1.165, 1.54) is 12.0 Å². The van der Waals surface area contributed by atoms with Crippen molar-refractivity contribution in [1.29, 1.82) is 0 Å². The van der Waals surface area contributed by atoms with E-state index in [1.807, 2.05) is 18.2 Å². The molecular formula is C21H15Br2NO5. The van der Waals surface area contributed by atoms with Crippen LogP contribution in [0.4, 0.5) is 5.69 Å². The lowest BCUT2D eigenvalue weighted by atomic mass is 10.0. The SMILES string of the molecule is COC(=O)C1=C(C)N(c2cccc(Br)c2)C(=O)/C1=C\c1cc2c(cc1Br)OCO2. The number of anilines is 1. The molecule has 0 saturated heterocycles. The Morgan fingerprint density at radius 2 is 1.90 bits per heavy atom. The van der Waals surface area contributed by atoms with Crippen LogP contribution < -0.4 is 14.4 Å². The van der Waals surface area contributed by atoms with Gasteiger partial charge in [0.1, 0.15) is 0 Å². The third-order valence-corrected chi connectivity index (χ3v) is 5.83. The highest BCUT2D eigenvalue weighted by atomic mass is 79.9. The monoisotopic (exact) mass is 519 g/mol. The number of carbonyl (C=O) groups excluding carboxylic acids is 2. The summed E-state index contributed by atoms with van der Waals surface area (Å²) in [6.45, 7) is 1.87. The molecule has 0 atom stereocenters. The summed E-state index contributed by atoms with van der Waals surface area (Å²) in [5, 5.41) is 0. The summed E-state index contributed by atoms with van der Waals surface area (Å²) in [4.78, 5) is 27.4. The molecule has 29 heavy (non-hydrogen) atoms. The Labute approximate surface area is 184 Å². The van der Waals surface area contributed by atoms with Gasteiger partial charge in [0.25, 0.3) is 5.91 Å². The minimum atomic E-state index is -0.573. The topological polar surface area (TPSA) is 65.1 Å². The molecule has 2 aromatic carbocycles. The fourth-order valence-electron chi connectivity index (χ4n) is 3.31. The molecule has 2 heterocycles. The van der Waals surface area contributed by atoms with Crippen LogP contribution in [0.15, 0.2) is 62.2 Å². The van der Waals surface area contributed by atoms with Crippen molar-refractivity contribution in [3.05, 3.63) is 67.8 Å². The molecule has 0 N–H and O–H groups in total. The van der Waals surface area contributed by atoms with Gasteiger partial charge in [-0.25, -0.2) is 4.79 Å². The van der Waals surface area contributed by atoms with Crippen molar-refractivity contribution in [3.63, 3.8) is 0 Å². The summed E-state index contributed by atoms with van der Waals surface area (Å²) < 4.78 is 17.3. The van der Waals surface area contributed by atoms with Crippen LogP contribution in [-0.2, 0) is 14.3 Å². The Hall–Kier alpha value is -2.58. The number of nitrogens with zero attached hydrogens (tertiary/aromatic N) is 1. The summed E-state index contributed by atoms with van der Waals surface area (Å²) in [5.41, 5.74) is 2.30. The van der Waals surface area contributed by atoms with Gasteiger partial charge in [-0.1, -0.05) is 37.9 Å². The number of allylic oxidation sites excluding steroid dienone is 1. The molecule has 6 nitrogen and oxygen atoms in total. The van der Waals surface area contributed by atoms with Crippen molar-refractivity contribution < 1.29 is 23.8 Å². The second-order valence-corrected chi connectivity index (χ2v) is 8.13. The maximum atomic E-state index is 13.3. The van der Waals surface area contributed by atoms with Crippen LogP contribution in [0.1, 0.15) is 12.5 Å². The molecular weight excluding hydrogens is 506 g/mol. The quantitative estimate of drug-likeness (QED) is 0.429. The lowest BCUT2D eigenvalue weighted by molar-refractivity contribution is -0.136. The van der Waals surface area contributed by atoms with Gasteiger partial charge in [-0.2, -0.15) is 0 Å². The summed E-state index contributed by atoms with van der Waals surface area (Å²) in [7, 11) is 1.29. The second-order valence-electron chi connectivity index (χ2n) is 6.36. The molecule has 0 saturated carbocycles. The lowest BCUT2D eigenvalue weighted by Crippen LogP contribution is -2.24. The summed E-state index contributed by atoms with van der Waals surface area (Å²) in [5.74, 6) is 0.309. The molecule has 4 rings (SSSR count). The van der Waals surface area contributed by atoms with Crippen LogP contribution in [0, 0.1) is 0 Å². The average Bonchev–Trinajstić information content (AvgIpc) is 3.23. The summed E-state index contributed by atoms with van der Waals surface area (Å²) >= 11 is 6.91. The molecule has 0 spiro atoms. The van der Waals surface area contributed by atoms with Gasteiger partial charge in [0, 0.05) is 14.6 Å². The van der Waals surface area contributed by atoms with Gasteiger partial charge in [-0.15, -0.1) is 0 Å². The van der Waals surface area contributed by atoms with E-state index in [2.05, 4.69) is 31.9 Å². The molecule has 2 aliphatic rings. The van der Waals surface area contributed by atoms with E-state index in [1.54, 1.807) is 31.2 Å². The van der Waals surface area contributed by atoms with Gasteiger partial charge in [0.2, 0.25) is 6.79 Å². The van der Waals surface area contributed by atoms with Crippen molar-refractivity contribution in [2.45, 2.75) is 6.92 Å². The molecule has 0 aliphatic carbocycles. The van der Waals surface area contributed by atoms with E-state index < -0.39 is 5.97 Å². The molecule has 8 heteroatoms. The van der Waals surface area contributed by atoms with Crippen molar-refractivity contribution >= 4 is 55.5 Å². The lowest BCUT2D eigenvalue weighted by Gasteiger charge is -2.18. The third kappa shape index (κ3) is 3.47. The number of ether oxygens (including phenoxy) is 3. The smallest absolute Gasteiger partial charge is 0.340 e. The molecule has 0 fully saturated rings. The highest BCUT2D eigenvalue weighted by Crippen LogP contribution is 2.40. The predicted molar refractivity (Wildman–Crippen MR) is 115 cm³/mol. The van der Waals surface area contributed by atoms with Gasteiger partial charge in [0.05, 0.1) is 23.9 Å². The number of amides is 1. The van der Waals surface area contributed by atoms with E-state index >= 15 is 0 Å². The van der Waals surface area contributed by atoms with Crippen molar-refractivity contribution in [2.75, 3.05) is 18.8 Å². The van der Waals surface area contributed by atoms with E-state index in [4.69, 9.17) is 14.2 Å². The Kier molecular flexibility index (Phi) is 5.23. The minimum absolute atomic E-state index is 0.143. The van der Waals surface area contributed by atoms with Gasteiger partial charge in [-0.05, 0) is 48.9 Å². The van der Waals surface area contributed by atoms with Gasteiger partial charge >= 0.3 is 5.97 Å². The van der Waals surface area contributed by atoms with Crippen LogP contribution in [0.3, 0.4) is 0 Å². The van der Waals surface area contributed by atoms with Crippen molar-refractivity contribution in [1.82, 2.24) is 0 Å². The van der Waals surface area contributed by atoms with Crippen LogP contribution in [0.2, 0.25) is 0 Å². The number of carbonyl (C=O) groups is 2. The first-order chi connectivity index (χ1) is 13.9. The molecule has 0 radical (unpaired) electrons. The fourth-order valence-corrected chi connectivity index (χ4v) is 4.13. The normalized spacial score (nSPS) is 16.8. The van der Waals surface area contributed by atoms with E-state index in [0.29, 0.717) is 32.9 Å². The highest BCUT2D eigenvalue weighted by Gasteiger charge is 2.38. The maximum absolute atomic E-state index is 13.3. The number of benzene rings is 2.